The molecule has 1 aromatic rings. The molecule has 2 saturated heterocycles. The van der Waals surface area contributed by atoms with Gasteiger partial charge in [0.1, 0.15) is 5.60 Å². The summed E-state index contributed by atoms with van der Waals surface area (Å²) in [5.41, 5.74) is 2.58. The molecule has 2 heterocycles. The van der Waals surface area contributed by atoms with Crippen LogP contribution in [0.1, 0.15) is 57.6 Å². The van der Waals surface area contributed by atoms with Gasteiger partial charge in [0.2, 0.25) is 11.8 Å². The number of carbonyl (C=O) groups excluding carboxylic acids is 3. The van der Waals surface area contributed by atoms with Gasteiger partial charge in [-0.25, -0.2) is 4.79 Å². The minimum Gasteiger partial charge on any atom is -0.444 e. The van der Waals surface area contributed by atoms with E-state index in [9.17, 15) is 14.4 Å². The zero-order valence-corrected chi connectivity index (χ0v) is 17.2. The van der Waals surface area contributed by atoms with Crippen molar-refractivity contribution in [3.63, 3.8) is 0 Å². The maximum absolute atomic E-state index is 12.1. The fraction of sp³-hybridized carbons (Fsp3) is 0.571. The van der Waals surface area contributed by atoms with E-state index in [2.05, 4.69) is 22.5 Å². The van der Waals surface area contributed by atoms with Crippen LogP contribution in [0.3, 0.4) is 0 Å². The molecular formula is C21H29N3O4. The summed E-state index contributed by atoms with van der Waals surface area (Å²) >= 11 is 0. The number of benzene rings is 1. The molecule has 0 bridgehead atoms. The second kappa shape index (κ2) is 7.45. The number of hydrogen-bond donors (Lipinski definition) is 2. The first kappa shape index (κ1) is 20.2. The van der Waals surface area contributed by atoms with E-state index in [1.54, 1.807) is 0 Å². The standard InChI is InChI=1S/C21H29N3O4/c1-12-10-14(15-7-9-18(25)23-19(15)26)6-8-17(12)24-11-16(13(24)2)22-20(27)28-21(3,4)5/h6,8,10,13,15-16H,7,9,11H2,1-5H3,(H,22,27)(H,23,25,26)/t13-,15?,16+/m1/s1. The average Bonchev–Trinajstić information content (AvgIpc) is 2.57. The van der Waals surface area contributed by atoms with Crippen molar-refractivity contribution < 1.29 is 19.1 Å². The van der Waals surface area contributed by atoms with Crippen LogP contribution >= 0.6 is 0 Å². The minimum atomic E-state index is -0.515. The van der Waals surface area contributed by atoms with E-state index in [4.69, 9.17) is 4.74 Å². The second-order valence-electron chi connectivity index (χ2n) is 8.70. The Kier molecular flexibility index (Phi) is 5.37. The second-order valence-corrected chi connectivity index (χ2v) is 8.70. The number of nitrogens with zero attached hydrogens (tertiary/aromatic N) is 1. The first-order chi connectivity index (χ1) is 13.0. The van der Waals surface area contributed by atoms with Crippen molar-refractivity contribution in [1.29, 1.82) is 0 Å². The number of anilines is 1. The summed E-state index contributed by atoms with van der Waals surface area (Å²) in [6.45, 7) is 10.3. The van der Waals surface area contributed by atoms with Crippen molar-refractivity contribution in [3.05, 3.63) is 29.3 Å². The molecular weight excluding hydrogens is 358 g/mol. The van der Waals surface area contributed by atoms with Gasteiger partial charge in [-0.2, -0.15) is 0 Å². The number of amides is 3. The molecule has 0 saturated carbocycles. The average molecular weight is 387 g/mol. The molecule has 0 radical (unpaired) electrons. The zero-order chi connectivity index (χ0) is 20.6. The van der Waals surface area contributed by atoms with Gasteiger partial charge in [-0.1, -0.05) is 12.1 Å². The highest BCUT2D eigenvalue weighted by Crippen LogP contribution is 2.33. The molecule has 0 spiro atoms. The Morgan fingerprint density at radius 3 is 2.57 bits per heavy atom. The Balaban J connectivity index is 1.63. The zero-order valence-electron chi connectivity index (χ0n) is 17.2. The maximum atomic E-state index is 12.1. The van der Waals surface area contributed by atoms with Gasteiger partial charge in [0.25, 0.3) is 0 Å². The Hall–Kier alpha value is -2.57. The van der Waals surface area contributed by atoms with E-state index in [-0.39, 0.29) is 29.8 Å². The molecule has 1 aromatic carbocycles. The molecule has 2 aliphatic heterocycles. The molecule has 3 rings (SSSR count). The van der Waals surface area contributed by atoms with E-state index in [1.807, 2.05) is 45.9 Å². The lowest BCUT2D eigenvalue weighted by atomic mass is 9.88. The Morgan fingerprint density at radius 2 is 2.00 bits per heavy atom. The smallest absolute Gasteiger partial charge is 0.408 e. The molecule has 3 atom stereocenters. The van der Waals surface area contributed by atoms with Gasteiger partial charge in [0.05, 0.1) is 12.0 Å². The highest BCUT2D eigenvalue weighted by atomic mass is 16.6. The predicted octanol–water partition coefficient (Wildman–Crippen LogP) is 2.62. The van der Waals surface area contributed by atoms with E-state index < -0.39 is 11.7 Å². The van der Waals surface area contributed by atoms with Gasteiger partial charge in [-0.3, -0.25) is 14.9 Å². The molecule has 152 valence electrons. The first-order valence-corrected chi connectivity index (χ1v) is 9.75. The Bertz CT molecular complexity index is 799. The van der Waals surface area contributed by atoms with E-state index in [0.717, 1.165) is 16.8 Å². The lowest BCUT2D eigenvalue weighted by Crippen LogP contribution is -2.66. The van der Waals surface area contributed by atoms with Gasteiger partial charge < -0.3 is 15.0 Å². The third-order valence-electron chi connectivity index (χ3n) is 5.34. The number of ether oxygens (including phenoxy) is 1. The summed E-state index contributed by atoms with van der Waals surface area (Å²) in [4.78, 5) is 37.7. The summed E-state index contributed by atoms with van der Waals surface area (Å²) in [7, 11) is 0. The number of carbonyl (C=O) groups is 3. The van der Waals surface area contributed by atoms with E-state index in [1.165, 1.54) is 0 Å². The van der Waals surface area contributed by atoms with Crippen molar-refractivity contribution in [1.82, 2.24) is 10.6 Å². The Labute approximate surface area is 165 Å². The number of imide groups is 1. The number of piperidine rings is 1. The predicted molar refractivity (Wildman–Crippen MR) is 106 cm³/mol. The molecule has 2 aliphatic rings. The first-order valence-electron chi connectivity index (χ1n) is 9.75. The third kappa shape index (κ3) is 4.29. The summed E-state index contributed by atoms with van der Waals surface area (Å²) < 4.78 is 5.33. The third-order valence-corrected chi connectivity index (χ3v) is 5.34. The van der Waals surface area contributed by atoms with Crippen molar-refractivity contribution in [2.45, 2.75) is 71.1 Å². The van der Waals surface area contributed by atoms with Gasteiger partial charge >= 0.3 is 6.09 Å². The molecule has 2 fully saturated rings. The van der Waals surface area contributed by atoms with Crippen LogP contribution in [0, 0.1) is 6.92 Å². The van der Waals surface area contributed by atoms with Crippen LogP contribution in [0.4, 0.5) is 10.5 Å². The lowest BCUT2D eigenvalue weighted by Gasteiger charge is -2.48. The summed E-state index contributed by atoms with van der Waals surface area (Å²) in [6.07, 6.45) is 0.526. The van der Waals surface area contributed by atoms with E-state index >= 15 is 0 Å². The van der Waals surface area contributed by atoms with E-state index in [0.29, 0.717) is 19.4 Å². The van der Waals surface area contributed by atoms with Crippen LogP contribution in [0.2, 0.25) is 0 Å². The van der Waals surface area contributed by atoms with Crippen molar-refractivity contribution in [3.8, 4) is 0 Å². The fourth-order valence-corrected chi connectivity index (χ4v) is 3.78. The molecule has 7 heteroatoms. The van der Waals surface area contributed by atoms with Crippen LogP contribution in [0.25, 0.3) is 0 Å². The molecule has 0 aliphatic carbocycles. The van der Waals surface area contributed by atoms with Gasteiger partial charge in [0.15, 0.2) is 0 Å². The maximum Gasteiger partial charge on any atom is 0.408 e. The number of nitrogens with one attached hydrogen (secondary N) is 2. The van der Waals surface area contributed by atoms with Crippen molar-refractivity contribution in [2.24, 2.45) is 0 Å². The molecule has 3 amide bonds. The van der Waals surface area contributed by atoms with Crippen LogP contribution in [0.5, 0.6) is 0 Å². The highest BCUT2D eigenvalue weighted by Gasteiger charge is 2.38. The fourth-order valence-electron chi connectivity index (χ4n) is 3.78. The largest absolute Gasteiger partial charge is 0.444 e. The number of rotatable bonds is 3. The summed E-state index contributed by atoms with van der Waals surface area (Å²) in [6, 6.07) is 6.19. The Morgan fingerprint density at radius 1 is 1.29 bits per heavy atom. The molecule has 7 nitrogen and oxygen atoms in total. The van der Waals surface area contributed by atoms with Crippen molar-refractivity contribution >= 4 is 23.6 Å². The topological polar surface area (TPSA) is 87.7 Å². The summed E-state index contributed by atoms with van der Waals surface area (Å²) in [5.74, 6) is -0.698. The highest BCUT2D eigenvalue weighted by molar-refractivity contribution is 6.01. The van der Waals surface area contributed by atoms with Gasteiger partial charge in [-0.15, -0.1) is 0 Å². The summed E-state index contributed by atoms with van der Waals surface area (Å²) in [5, 5.41) is 5.34. The molecule has 0 aromatic heterocycles. The van der Waals surface area contributed by atoms with Crippen molar-refractivity contribution in [2.75, 3.05) is 11.4 Å². The quantitative estimate of drug-likeness (QED) is 0.779. The van der Waals surface area contributed by atoms with Crippen LogP contribution < -0.4 is 15.5 Å². The molecule has 28 heavy (non-hydrogen) atoms. The molecule has 1 unspecified atom stereocenters. The SMILES string of the molecule is Cc1cc(C2CCC(=O)NC2=O)ccc1N1C[C@H](NC(=O)OC(C)(C)C)[C@H]1C. The lowest BCUT2D eigenvalue weighted by molar-refractivity contribution is -0.134. The van der Waals surface area contributed by atoms with Gasteiger partial charge in [0, 0.05) is 24.7 Å². The number of aryl methyl sites for hydroxylation is 1. The number of hydrogen-bond acceptors (Lipinski definition) is 5. The number of alkyl carbamates (subject to hydrolysis) is 1. The van der Waals surface area contributed by atoms with Gasteiger partial charge in [-0.05, 0) is 58.2 Å². The van der Waals surface area contributed by atoms with Crippen LogP contribution in [0.15, 0.2) is 18.2 Å². The van der Waals surface area contributed by atoms with Crippen LogP contribution in [-0.2, 0) is 14.3 Å². The van der Waals surface area contributed by atoms with Crippen LogP contribution in [-0.4, -0.2) is 42.1 Å². The monoisotopic (exact) mass is 387 g/mol. The minimum absolute atomic E-state index is 0.0315. The molecule has 2 N–H and O–H groups in total. The normalized spacial score (nSPS) is 25.0.